The molecule has 1 fully saturated rings. The topological polar surface area (TPSA) is 46.3 Å². The molecule has 3 nitrogen and oxygen atoms in total. The van der Waals surface area contributed by atoms with Gasteiger partial charge in [-0.2, -0.15) is 11.8 Å². The highest BCUT2D eigenvalue weighted by molar-refractivity contribution is 7.97. The molecular weight excluding hydrogens is 256 g/mol. The molecule has 2 rings (SSSR count). The minimum atomic E-state index is 0.134. The number of hydrogen-bond donors (Lipinski definition) is 1. The molecule has 2 unspecified atom stereocenters. The smallest absolute Gasteiger partial charge is 0.254 e. The SMILES string of the molecule is CSCc1ccc(C(=O)N2CCC(N)CC2C)cc1. The summed E-state index contributed by atoms with van der Waals surface area (Å²) < 4.78 is 0. The van der Waals surface area contributed by atoms with Gasteiger partial charge in [0.05, 0.1) is 0 Å². The maximum absolute atomic E-state index is 12.5. The van der Waals surface area contributed by atoms with Gasteiger partial charge in [-0.25, -0.2) is 0 Å². The van der Waals surface area contributed by atoms with Gasteiger partial charge in [-0.1, -0.05) is 12.1 Å². The van der Waals surface area contributed by atoms with Gasteiger partial charge in [0.2, 0.25) is 0 Å². The molecule has 0 radical (unpaired) electrons. The number of carbonyl (C=O) groups excluding carboxylic acids is 1. The quantitative estimate of drug-likeness (QED) is 0.924. The van der Waals surface area contributed by atoms with Crippen molar-refractivity contribution < 1.29 is 4.79 Å². The van der Waals surface area contributed by atoms with E-state index < -0.39 is 0 Å². The van der Waals surface area contributed by atoms with Crippen LogP contribution in [0.1, 0.15) is 35.7 Å². The van der Waals surface area contributed by atoms with Crippen LogP contribution in [0.3, 0.4) is 0 Å². The standard InChI is InChI=1S/C15H22N2OS/c1-11-9-14(16)7-8-17(11)15(18)13-5-3-12(4-6-13)10-19-2/h3-6,11,14H,7-10,16H2,1-2H3. The van der Waals surface area contributed by atoms with Crippen molar-refractivity contribution in [1.29, 1.82) is 0 Å². The summed E-state index contributed by atoms with van der Waals surface area (Å²) >= 11 is 1.79. The van der Waals surface area contributed by atoms with E-state index in [0.717, 1.165) is 30.7 Å². The second-order valence-electron chi connectivity index (χ2n) is 5.26. The molecule has 2 atom stereocenters. The van der Waals surface area contributed by atoms with Crippen LogP contribution >= 0.6 is 11.8 Å². The molecule has 1 amide bonds. The summed E-state index contributed by atoms with van der Waals surface area (Å²) in [5, 5.41) is 0. The molecule has 1 heterocycles. The van der Waals surface area contributed by atoms with Crippen molar-refractivity contribution in [1.82, 2.24) is 4.90 Å². The molecule has 0 bridgehead atoms. The van der Waals surface area contributed by atoms with Gasteiger partial charge in [0.25, 0.3) is 5.91 Å². The molecule has 104 valence electrons. The molecule has 1 aromatic rings. The molecule has 1 aromatic carbocycles. The van der Waals surface area contributed by atoms with Crippen LogP contribution in [0.25, 0.3) is 0 Å². The Morgan fingerprint density at radius 2 is 2.11 bits per heavy atom. The Morgan fingerprint density at radius 3 is 2.68 bits per heavy atom. The summed E-state index contributed by atoms with van der Waals surface area (Å²) in [6.45, 7) is 2.85. The van der Waals surface area contributed by atoms with Crippen LogP contribution in [0.5, 0.6) is 0 Å². The van der Waals surface area contributed by atoms with Gasteiger partial charge in [-0.3, -0.25) is 4.79 Å². The Balaban J connectivity index is 2.06. The normalized spacial score (nSPS) is 23.4. The Morgan fingerprint density at radius 1 is 1.42 bits per heavy atom. The highest BCUT2D eigenvalue weighted by atomic mass is 32.2. The van der Waals surface area contributed by atoms with Crippen molar-refractivity contribution in [2.45, 2.75) is 37.6 Å². The lowest BCUT2D eigenvalue weighted by Crippen LogP contribution is -2.48. The van der Waals surface area contributed by atoms with E-state index in [2.05, 4.69) is 13.2 Å². The highest BCUT2D eigenvalue weighted by Crippen LogP contribution is 2.19. The molecule has 0 aliphatic carbocycles. The van der Waals surface area contributed by atoms with Gasteiger partial charge in [-0.05, 0) is 43.7 Å². The second kappa shape index (κ2) is 6.44. The van der Waals surface area contributed by atoms with E-state index >= 15 is 0 Å². The Hall–Kier alpha value is -1.00. The Bertz CT molecular complexity index is 432. The van der Waals surface area contributed by atoms with Gasteiger partial charge >= 0.3 is 0 Å². The number of thioether (sulfide) groups is 1. The monoisotopic (exact) mass is 278 g/mol. The third-order valence-electron chi connectivity index (χ3n) is 3.69. The number of amides is 1. The zero-order chi connectivity index (χ0) is 13.8. The summed E-state index contributed by atoms with van der Waals surface area (Å²) in [7, 11) is 0. The summed E-state index contributed by atoms with van der Waals surface area (Å²) in [4.78, 5) is 14.4. The Kier molecular flexibility index (Phi) is 4.88. The number of nitrogens with zero attached hydrogens (tertiary/aromatic N) is 1. The molecule has 0 saturated carbocycles. The number of nitrogens with two attached hydrogens (primary N) is 1. The minimum Gasteiger partial charge on any atom is -0.336 e. The van der Waals surface area contributed by atoms with Crippen molar-refractivity contribution in [3.63, 3.8) is 0 Å². The summed E-state index contributed by atoms with van der Waals surface area (Å²) in [5.41, 5.74) is 7.99. The lowest BCUT2D eigenvalue weighted by molar-refractivity contribution is 0.0619. The average molecular weight is 278 g/mol. The number of hydrogen-bond acceptors (Lipinski definition) is 3. The summed E-state index contributed by atoms with van der Waals surface area (Å²) in [6.07, 6.45) is 3.88. The van der Waals surface area contributed by atoms with Crippen LogP contribution in [-0.4, -0.2) is 35.7 Å². The van der Waals surface area contributed by atoms with Crippen LogP contribution in [0.4, 0.5) is 0 Å². The first-order chi connectivity index (χ1) is 9.11. The number of likely N-dealkylation sites (tertiary alicyclic amines) is 1. The van der Waals surface area contributed by atoms with E-state index in [1.54, 1.807) is 11.8 Å². The van der Waals surface area contributed by atoms with Crippen molar-refractivity contribution in [2.75, 3.05) is 12.8 Å². The lowest BCUT2D eigenvalue weighted by atomic mass is 9.98. The first kappa shape index (κ1) is 14.4. The van der Waals surface area contributed by atoms with Crippen molar-refractivity contribution in [2.24, 2.45) is 5.73 Å². The van der Waals surface area contributed by atoms with Crippen LogP contribution in [-0.2, 0) is 5.75 Å². The average Bonchev–Trinajstić information content (AvgIpc) is 2.39. The first-order valence-electron chi connectivity index (χ1n) is 6.76. The predicted molar refractivity (Wildman–Crippen MR) is 81.4 cm³/mol. The van der Waals surface area contributed by atoms with E-state index in [9.17, 15) is 4.79 Å². The number of rotatable bonds is 3. The predicted octanol–water partition coefficient (Wildman–Crippen LogP) is 2.50. The van der Waals surface area contributed by atoms with E-state index in [4.69, 9.17) is 5.73 Å². The molecule has 1 saturated heterocycles. The maximum atomic E-state index is 12.5. The molecule has 0 aromatic heterocycles. The van der Waals surface area contributed by atoms with E-state index in [0.29, 0.717) is 0 Å². The largest absolute Gasteiger partial charge is 0.336 e. The molecular formula is C15H22N2OS. The fourth-order valence-corrected chi connectivity index (χ4v) is 3.11. The van der Waals surface area contributed by atoms with E-state index in [-0.39, 0.29) is 18.0 Å². The van der Waals surface area contributed by atoms with Crippen LogP contribution < -0.4 is 5.73 Å². The number of benzene rings is 1. The summed E-state index contributed by atoms with van der Waals surface area (Å²) in [6, 6.07) is 8.45. The minimum absolute atomic E-state index is 0.134. The highest BCUT2D eigenvalue weighted by Gasteiger charge is 2.27. The fourth-order valence-electron chi connectivity index (χ4n) is 2.59. The second-order valence-corrected chi connectivity index (χ2v) is 6.13. The van der Waals surface area contributed by atoms with Crippen molar-refractivity contribution >= 4 is 17.7 Å². The molecule has 4 heteroatoms. The summed E-state index contributed by atoms with van der Waals surface area (Å²) in [5.74, 6) is 1.12. The third-order valence-corrected chi connectivity index (χ3v) is 4.31. The molecule has 0 spiro atoms. The third kappa shape index (κ3) is 3.51. The Labute approximate surface area is 119 Å². The van der Waals surface area contributed by atoms with E-state index in [1.165, 1.54) is 5.56 Å². The van der Waals surface area contributed by atoms with Crippen LogP contribution in [0.15, 0.2) is 24.3 Å². The van der Waals surface area contributed by atoms with Gasteiger partial charge in [0.15, 0.2) is 0 Å². The fraction of sp³-hybridized carbons (Fsp3) is 0.533. The van der Waals surface area contributed by atoms with Gasteiger partial charge < -0.3 is 10.6 Å². The molecule has 19 heavy (non-hydrogen) atoms. The zero-order valence-electron chi connectivity index (χ0n) is 11.6. The van der Waals surface area contributed by atoms with Crippen molar-refractivity contribution in [3.05, 3.63) is 35.4 Å². The van der Waals surface area contributed by atoms with Crippen molar-refractivity contribution in [3.8, 4) is 0 Å². The lowest BCUT2D eigenvalue weighted by Gasteiger charge is -2.36. The van der Waals surface area contributed by atoms with Gasteiger partial charge in [0, 0.05) is 29.9 Å². The van der Waals surface area contributed by atoms with Crippen LogP contribution in [0.2, 0.25) is 0 Å². The zero-order valence-corrected chi connectivity index (χ0v) is 12.5. The first-order valence-corrected chi connectivity index (χ1v) is 8.15. The van der Waals surface area contributed by atoms with Gasteiger partial charge in [0.1, 0.15) is 0 Å². The number of carbonyl (C=O) groups is 1. The molecule has 2 N–H and O–H groups in total. The van der Waals surface area contributed by atoms with Crippen LogP contribution in [0, 0.1) is 0 Å². The van der Waals surface area contributed by atoms with E-state index in [1.807, 2.05) is 29.2 Å². The number of piperidine rings is 1. The molecule has 1 aliphatic heterocycles. The van der Waals surface area contributed by atoms with Gasteiger partial charge in [-0.15, -0.1) is 0 Å². The maximum Gasteiger partial charge on any atom is 0.254 e. The molecule has 1 aliphatic rings.